The van der Waals surface area contributed by atoms with Gasteiger partial charge in [0.2, 0.25) is 30.1 Å². The number of oxime groups is 2. The van der Waals surface area contributed by atoms with Gasteiger partial charge in [0.25, 0.3) is 0 Å². The lowest BCUT2D eigenvalue weighted by Gasteiger charge is -2.41. The number of hydrogen-bond acceptors (Lipinski definition) is 17. The molecule has 8 aromatic carbocycles. The Hall–Kier alpha value is -8.08. The van der Waals surface area contributed by atoms with Crippen LogP contribution < -0.4 is 0 Å². The summed E-state index contributed by atoms with van der Waals surface area (Å²) < 4.78 is 138. The maximum atomic E-state index is 13.5. The quantitative estimate of drug-likeness (QED) is 0.0802. The molecule has 6 aliphatic heterocycles. The van der Waals surface area contributed by atoms with Gasteiger partial charge in [-0.25, -0.2) is 42.1 Å². The Bertz CT molecular complexity index is 6010. The Labute approximate surface area is 800 Å². The molecule has 20 nitrogen and oxygen atoms in total. The van der Waals surface area contributed by atoms with Crippen LogP contribution in [0.2, 0.25) is 0 Å². The van der Waals surface area contributed by atoms with Crippen LogP contribution in [-0.2, 0) is 105 Å². The first-order valence-corrected chi connectivity index (χ1v) is 55.7. The molecule has 0 amide bonds. The average molecular weight is 1920 g/mol. The van der Waals surface area contributed by atoms with Crippen molar-refractivity contribution in [3.8, 4) is 0 Å². The van der Waals surface area contributed by atoms with Gasteiger partial charge in [0.05, 0.1) is 57.6 Å². The number of aliphatic imine (C=N–C) groups is 1. The van der Waals surface area contributed by atoms with E-state index < -0.39 is 60.9 Å². The number of aliphatic hydroxyl groups is 2. The van der Waals surface area contributed by atoms with Gasteiger partial charge in [0.1, 0.15) is 13.7 Å². The number of benzene rings is 8. The monoisotopic (exact) mass is 1920 g/mol. The van der Waals surface area contributed by atoms with Crippen LogP contribution in [0, 0.1) is 23.7 Å². The van der Waals surface area contributed by atoms with Crippen LogP contribution in [0.1, 0.15) is 277 Å². The second-order valence-electron chi connectivity index (χ2n) is 44.6. The fourth-order valence-electron chi connectivity index (χ4n) is 22.9. The van der Waals surface area contributed by atoms with E-state index in [-0.39, 0.29) is 97.5 Å². The fraction of sp³-hybridized carbons (Fsp3) is 0.532. The van der Waals surface area contributed by atoms with Gasteiger partial charge in [-0.05, 0) is 246 Å². The van der Waals surface area contributed by atoms with Gasteiger partial charge in [-0.15, -0.1) is 0 Å². The highest BCUT2D eigenvalue weighted by molar-refractivity contribution is 7.92. The summed E-state index contributed by atoms with van der Waals surface area (Å²) in [5.41, 5.74) is 10.2. The number of hydrogen-bond donors (Lipinski definition) is 2. The summed E-state index contributed by atoms with van der Waals surface area (Å²) in [5, 5.41) is 30.2. The summed E-state index contributed by atoms with van der Waals surface area (Å²) in [6.45, 7) is 32.4. The number of fused-ring (bicyclic) bond motifs is 10. The summed E-state index contributed by atoms with van der Waals surface area (Å²) in [7, 11) is -13.8. The highest BCUT2D eigenvalue weighted by atomic mass is 32.2. The molecule has 4 aliphatic carbocycles. The van der Waals surface area contributed by atoms with E-state index in [4.69, 9.17) is 9.68 Å². The van der Waals surface area contributed by atoms with Crippen LogP contribution >= 0.6 is 0 Å². The first kappa shape index (κ1) is 102. The molecule has 2 N–H and O–H groups in total. The van der Waals surface area contributed by atoms with Crippen LogP contribution in [-0.4, -0.2) is 149 Å². The predicted octanol–water partition coefficient (Wildman–Crippen LogP) is 21.3. The maximum Gasteiger partial charge on any atom is 0.243 e. The Balaban J connectivity index is 0.000000135. The van der Waals surface area contributed by atoms with E-state index >= 15 is 0 Å². The van der Waals surface area contributed by atoms with E-state index in [2.05, 4.69) is 119 Å². The summed E-state index contributed by atoms with van der Waals surface area (Å²) in [4.78, 5) is 16.8. The third kappa shape index (κ3) is 22.7. The third-order valence-corrected chi connectivity index (χ3v) is 40.7. The highest BCUT2D eigenvalue weighted by Gasteiger charge is 2.57. The van der Waals surface area contributed by atoms with Crippen molar-refractivity contribution in [2.45, 2.75) is 355 Å². The van der Waals surface area contributed by atoms with Crippen molar-refractivity contribution in [3.63, 3.8) is 0 Å². The van der Waals surface area contributed by atoms with Gasteiger partial charge in [-0.2, -0.15) is 12.9 Å². The van der Waals surface area contributed by atoms with Gasteiger partial charge >= 0.3 is 0 Å². The van der Waals surface area contributed by atoms with Crippen LogP contribution in [0.15, 0.2) is 252 Å². The van der Waals surface area contributed by atoms with E-state index in [0.29, 0.717) is 88.9 Å². The largest absolute Gasteiger partial charge is 0.399 e. The summed E-state index contributed by atoms with van der Waals surface area (Å²) in [5.74, 6) is 0.0945. The summed E-state index contributed by atoms with van der Waals surface area (Å²) in [6.07, 6.45) is 16.0. The topological polar surface area (TPSA) is 276 Å². The molecule has 0 spiro atoms. The van der Waals surface area contributed by atoms with Crippen LogP contribution in [0.25, 0.3) is 0 Å². The smallest absolute Gasteiger partial charge is 0.243 e. The van der Waals surface area contributed by atoms with Crippen molar-refractivity contribution >= 4 is 66.9 Å². The van der Waals surface area contributed by atoms with Crippen molar-refractivity contribution in [1.29, 1.82) is 0 Å². The molecule has 18 rings (SSSR count). The predicted molar refractivity (Wildman–Crippen MR) is 536 cm³/mol. The molecule has 6 saturated heterocycles. The minimum absolute atomic E-state index is 0.0000869. The number of nitrogens with zero attached hydrogens (tertiary/aromatic N) is 6. The van der Waals surface area contributed by atoms with Crippen LogP contribution in [0.5, 0.6) is 0 Å². The third-order valence-electron chi connectivity index (χ3n) is 29.8. The molecule has 0 aromatic heterocycles. The number of sulfone groups is 2. The molecule has 134 heavy (non-hydrogen) atoms. The molecule has 8 aromatic rings. The Morgan fingerprint density at radius 1 is 0.328 bits per heavy atom. The average Bonchev–Trinajstić information content (AvgIpc) is 1.55. The minimum Gasteiger partial charge on any atom is -0.399 e. The van der Waals surface area contributed by atoms with Crippen molar-refractivity contribution in [2.75, 3.05) is 14.2 Å². The maximum absolute atomic E-state index is 13.5. The van der Waals surface area contributed by atoms with Crippen molar-refractivity contribution in [3.05, 3.63) is 257 Å². The van der Waals surface area contributed by atoms with Gasteiger partial charge in [-0.3, -0.25) is 4.99 Å². The second kappa shape index (κ2) is 40.0. The van der Waals surface area contributed by atoms with Crippen LogP contribution in [0.4, 0.5) is 0 Å². The SMILES string of the molecule is CC(C)(C)c1ccc(S(=O)(=O)C2C3CCC2CC(O)(Cc2ccccc2)C3)cc1.CC(C)(C)c1ccc(S(=O)(=O)C2C3CCC2CC(O)(c2ccccc2)C3)cc1.CC(C)(C)c1ccc(S(=O)(=O)N2C3CCC2CC(=NOCc2ccccc2)C3)cc1.CN=C1CC2CCC(C1)N2S(=O)(=O)c1ccc(C(C)(C)C)cc1.CON=C1CC2CCC(C1)N2S(=O)(=O)c1ccc(C(C)(C)C)cc1. The molecule has 10 aliphatic rings. The highest BCUT2D eigenvalue weighted by Crippen LogP contribution is 2.56. The van der Waals surface area contributed by atoms with Gasteiger partial charge in [0, 0.05) is 94.0 Å². The van der Waals surface area contributed by atoms with Crippen molar-refractivity contribution in [2.24, 2.45) is 39.0 Å². The van der Waals surface area contributed by atoms with E-state index in [1.165, 1.54) is 7.11 Å². The normalized spacial score (nSPS) is 26.6. The zero-order valence-electron chi connectivity index (χ0n) is 81.7. The number of piperidine rings is 3. The molecule has 6 heterocycles. The summed E-state index contributed by atoms with van der Waals surface area (Å²) in [6, 6.07) is 66.8. The van der Waals surface area contributed by atoms with E-state index in [1.54, 1.807) is 73.6 Å². The molecule has 10 bridgehead atoms. The molecule has 724 valence electrons. The van der Waals surface area contributed by atoms with Gasteiger partial charge in [-0.1, -0.05) is 266 Å². The molecule has 10 atom stereocenters. The molecule has 25 heteroatoms. The van der Waals surface area contributed by atoms with E-state index in [9.17, 15) is 52.3 Å². The lowest BCUT2D eigenvalue weighted by molar-refractivity contribution is -0.0241. The van der Waals surface area contributed by atoms with Crippen LogP contribution in [0.3, 0.4) is 0 Å². The molecule has 0 radical (unpaired) electrons. The van der Waals surface area contributed by atoms with E-state index in [1.807, 2.05) is 159 Å². The standard InChI is InChI=1S/C25H32O3S.C24H30N2O3S.C24H30O3S.C18H26N2O3S.C18H26N2O2S/c1-24(2,3)21-11-13-22(14-12-21)29(27,28)23-19-9-10-20(23)17-25(26,16-19)15-18-7-5-4-6-8-18;1-24(2,3)19-9-13-23(14-10-19)30(27,28)26-21-11-12-22(26)16-20(15-21)25-29-17-18-7-5-4-6-8-18;1-23(2,3)19-11-13-21(14-12-19)28(26,27)22-17-9-10-18(22)16-24(25,15-17)20-7-5-4-6-8-20;1-18(2,3)13-5-9-17(10-6-13)24(21,22)20-15-7-8-16(20)12-14(11-15)19-23-4;1-18(2,3)13-5-9-17(10-6-13)23(21,22)20-15-7-8-16(20)12-14(11-15)19-4/h4-8,11-14,19-20,23,26H,9-10,15-17H2,1-3H3;4-10,13-14,21-22H,11-12,15-17H2,1-3H3;4-8,11-14,17-18,22,25H,9-10,15-16H2,1-3H3;5-6,9-10,15-16H,7-8,11-12H2,1-4H3;5-6,9-10,15-16H,7-8,11-12H2,1-4H3. The lowest BCUT2D eigenvalue weighted by atomic mass is 9.73. The van der Waals surface area contributed by atoms with Crippen molar-refractivity contribution < 1.29 is 62.0 Å². The Morgan fingerprint density at radius 2 is 0.590 bits per heavy atom. The first-order valence-electron chi connectivity index (χ1n) is 48.3. The minimum atomic E-state index is -3.51. The zero-order chi connectivity index (χ0) is 96.7. The zero-order valence-corrected chi connectivity index (χ0v) is 85.8. The Morgan fingerprint density at radius 3 is 0.873 bits per heavy atom. The molecular formula is C109H144N6O14S5. The number of rotatable bonds is 17. The number of sulfonamides is 3. The molecule has 10 fully saturated rings. The molecule has 4 saturated carbocycles. The first-order chi connectivity index (χ1) is 62.9. The Kier molecular flexibility index (Phi) is 30.4. The fourth-order valence-corrected chi connectivity index (χ4v) is 33.1. The molecular weight excluding hydrogens is 1780 g/mol. The summed E-state index contributed by atoms with van der Waals surface area (Å²) >= 11 is 0. The van der Waals surface area contributed by atoms with Crippen molar-refractivity contribution in [1.82, 2.24) is 12.9 Å². The lowest BCUT2D eigenvalue weighted by Crippen LogP contribution is -2.47. The van der Waals surface area contributed by atoms with Gasteiger partial charge in [0.15, 0.2) is 19.7 Å². The second-order valence-corrected chi connectivity index (χ2v) is 54.4. The van der Waals surface area contributed by atoms with E-state index in [0.717, 1.165) is 139 Å². The molecule has 10 unspecified atom stereocenters. The van der Waals surface area contributed by atoms with Gasteiger partial charge < -0.3 is 19.9 Å².